The van der Waals surface area contributed by atoms with Crippen LogP contribution in [-0.2, 0) is 4.74 Å². The van der Waals surface area contributed by atoms with Gasteiger partial charge in [-0.25, -0.2) is 4.79 Å². The molecule has 0 unspecified atom stereocenters. The molecule has 4 rings (SSSR count). The molecule has 176 valence electrons. The monoisotopic (exact) mass is 488 g/mol. The van der Waals surface area contributed by atoms with Gasteiger partial charge in [-0.3, -0.25) is 4.68 Å². The maximum atomic E-state index is 12.6. The molecule has 0 N–H and O–H groups in total. The van der Waals surface area contributed by atoms with E-state index in [1.807, 2.05) is 48.7 Å². The molecule has 2 atom stereocenters. The van der Waals surface area contributed by atoms with E-state index in [1.165, 1.54) is 0 Å². The maximum Gasteiger partial charge on any atom is 0.410 e. The Hall–Kier alpha value is -2.44. The number of carbonyl (C=O) groups excluding carboxylic acids is 1. The van der Waals surface area contributed by atoms with Gasteiger partial charge in [-0.15, -0.1) is 0 Å². The second-order valence-electron chi connectivity index (χ2n) is 9.64. The predicted octanol–water partition coefficient (Wildman–Crippen LogP) is 6.40. The predicted molar refractivity (Wildman–Crippen MR) is 135 cm³/mol. The number of nitrogens with zero attached hydrogens (tertiary/aromatic N) is 4. The molecule has 0 aliphatic carbocycles. The van der Waals surface area contributed by atoms with Gasteiger partial charge in [0.15, 0.2) is 0 Å². The van der Waals surface area contributed by atoms with Gasteiger partial charge in [-0.05, 0) is 70.5 Å². The minimum absolute atomic E-state index is 0.0426. The van der Waals surface area contributed by atoms with Crippen LogP contribution in [0.4, 0.5) is 10.5 Å². The van der Waals surface area contributed by atoms with Crippen LogP contribution >= 0.6 is 23.2 Å². The molecular formula is C25H30Cl2N4O2. The van der Waals surface area contributed by atoms with Crippen molar-refractivity contribution in [1.29, 1.82) is 0 Å². The van der Waals surface area contributed by atoms with Gasteiger partial charge in [0.2, 0.25) is 0 Å². The SMILES string of the molecule is C[C@@H]1CN(c2ccc3cnn([C@H](C)c4ccc(Cl)cc4Cl)c3c2)CCN1C(=O)OC(C)(C)C. The van der Waals surface area contributed by atoms with E-state index in [2.05, 4.69) is 42.0 Å². The molecule has 0 saturated carbocycles. The number of piperazine rings is 1. The highest BCUT2D eigenvalue weighted by Gasteiger charge is 2.31. The third-order valence-corrected chi connectivity index (χ3v) is 6.54. The van der Waals surface area contributed by atoms with Crippen LogP contribution in [-0.4, -0.2) is 52.1 Å². The molecule has 1 aliphatic rings. The third-order valence-electron chi connectivity index (χ3n) is 5.98. The fourth-order valence-corrected chi connectivity index (χ4v) is 4.85. The molecule has 3 aromatic rings. The van der Waals surface area contributed by atoms with Crippen LogP contribution in [0.15, 0.2) is 42.6 Å². The smallest absolute Gasteiger partial charge is 0.410 e. The summed E-state index contributed by atoms with van der Waals surface area (Å²) in [6.07, 6.45) is 1.62. The average molecular weight is 489 g/mol. The van der Waals surface area contributed by atoms with E-state index in [1.54, 1.807) is 6.07 Å². The van der Waals surface area contributed by atoms with Gasteiger partial charge >= 0.3 is 6.09 Å². The normalized spacial score (nSPS) is 18.0. The molecule has 6 nitrogen and oxygen atoms in total. The summed E-state index contributed by atoms with van der Waals surface area (Å²) in [6, 6.07) is 11.9. The van der Waals surface area contributed by atoms with Gasteiger partial charge in [-0.1, -0.05) is 29.3 Å². The van der Waals surface area contributed by atoms with E-state index >= 15 is 0 Å². The summed E-state index contributed by atoms with van der Waals surface area (Å²) >= 11 is 12.5. The first kappa shape index (κ1) is 23.7. The Kier molecular flexibility index (Phi) is 6.52. The Morgan fingerprint density at radius 1 is 1.15 bits per heavy atom. The zero-order valence-electron chi connectivity index (χ0n) is 19.7. The number of hydrogen-bond acceptors (Lipinski definition) is 4. The summed E-state index contributed by atoms with van der Waals surface area (Å²) in [6.45, 7) is 11.9. The molecule has 2 heterocycles. The minimum atomic E-state index is -0.499. The number of halogens is 2. The number of rotatable bonds is 3. The fourth-order valence-electron chi connectivity index (χ4n) is 4.29. The molecule has 1 amide bonds. The van der Waals surface area contributed by atoms with Crippen LogP contribution in [0.2, 0.25) is 10.0 Å². The van der Waals surface area contributed by atoms with Crippen molar-refractivity contribution in [2.45, 2.75) is 52.3 Å². The molecule has 2 aromatic carbocycles. The molecule has 1 fully saturated rings. The van der Waals surface area contributed by atoms with Gasteiger partial charge in [-0.2, -0.15) is 5.10 Å². The Balaban J connectivity index is 1.56. The standard InChI is InChI=1S/C25H30Cl2N4O2/c1-16-15-29(10-11-30(16)24(32)33-25(3,4)5)20-8-6-18-14-28-31(23(18)13-20)17(2)21-9-7-19(26)12-22(21)27/h6-9,12-14,16-17H,10-11,15H2,1-5H3/t16-,17-/m1/s1. The van der Waals surface area contributed by atoms with Crippen LogP contribution in [0.25, 0.3) is 10.9 Å². The van der Waals surface area contributed by atoms with Crippen molar-refractivity contribution in [2.24, 2.45) is 0 Å². The zero-order valence-corrected chi connectivity index (χ0v) is 21.2. The highest BCUT2D eigenvalue weighted by molar-refractivity contribution is 6.35. The average Bonchev–Trinajstić information content (AvgIpc) is 3.15. The Morgan fingerprint density at radius 3 is 2.58 bits per heavy atom. The van der Waals surface area contributed by atoms with Crippen molar-refractivity contribution in [3.63, 3.8) is 0 Å². The van der Waals surface area contributed by atoms with Gasteiger partial charge in [0, 0.05) is 46.8 Å². The summed E-state index contributed by atoms with van der Waals surface area (Å²) in [5, 5.41) is 6.95. The molecule has 8 heteroatoms. The summed E-state index contributed by atoms with van der Waals surface area (Å²) in [5.74, 6) is 0. The zero-order chi connectivity index (χ0) is 23.9. The fraction of sp³-hybridized carbons (Fsp3) is 0.440. The Bertz CT molecular complexity index is 1170. The molecule has 1 aliphatic heterocycles. The molecule has 0 bridgehead atoms. The summed E-state index contributed by atoms with van der Waals surface area (Å²) < 4.78 is 7.57. The highest BCUT2D eigenvalue weighted by Crippen LogP contribution is 2.32. The van der Waals surface area contributed by atoms with E-state index < -0.39 is 5.60 Å². The molecular weight excluding hydrogens is 459 g/mol. The number of carbonyl (C=O) groups is 1. The lowest BCUT2D eigenvalue weighted by Crippen LogP contribution is -2.55. The molecule has 33 heavy (non-hydrogen) atoms. The number of aromatic nitrogens is 2. The Morgan fingerprint density at radius 2 is 1.91 bits per heavy atom. The van der Waals surface area contributed by atoms with E-state index in [9.17, 15) is 4.79 Å². The number of fused-ring (bicyclic) bond motifs is 1. The lowest BCUT2D eigenvalue weighted by molar-refractivity contribution is 0.0159. The van der Waals surface area contributed by atoms with Gasteiger partial charge in [0.05, 0.1) is 17.8 Å². The van der Waals surface area contributed by atoms with Crippen molar-refractivity contribution in [3.8, 4) is 0 Å². The van der Waals surface area contributed by atoms with Crippen LogP contribution in [0.1, 0.15) is 46.2 Å². The lowest BCUT2D eigenvalue weighted by Gasteiger charge is -2.41. The minimum Gasteiger partial charge on any atom is -0.444 e. The Labute approximate surface area is 205 Å². The van der Waals surface area contributed by atoms with E-state index in [0.717, 1.165) is 35.2 Å². The van der Waals surface area contributed by atoms with Crippen LogP contribution in [0.5, 0.6) is 0 Å². The van der Waals surface area contributed by atoms with Crippen molar-refractivity contribution >= 4 is 45.9 Å². The number of anilines is 1. The van der Waals surface area contributed by atoms with E-state index in [4.69, 9.17) is 27.9 Å². The third kappa shape index (κ3) is 5.07. The van der Waals surface area contributed by atoms with E-state index in [0.29, 0.717) is 16.6 Å². The van der Waals surface area contributed by atoms with Crippen molar-refractivity contribution in [1.82, 2.24) is 14.7 Å². The van der Waals surface area contributed by atoms with Crippen molar-refractivity contribution < 1.29 is 9.53 Å². The first-order valence-electron chi connectivity index (χ1n) is 11.2. The number of hydrogen-bond donors (Lipinski definition) is 0. The van der Waals surface area contributed by atoms with Crippen LogP contribution in [0, 0.1) is 0 Å². The summed E-state index contributed by atoms with van der Waals surface area (Å²) in [7, 11) is 0. The second-order valence-corrected chi connectivity index (χ2v) is 10.5. The van der Waals surface area contributed by atoms with Crippen molar-refractivity contribution in [3.05, 3.63) is 58.2 Å². The molecule has 0 radical (unpaired) electrons. The second kappa shape index (κ2) is 9.07. The number of ether oxygens (including phenoxy) is 1. The van der Waals surface area contributed by atoms with Crippen LogP contribution in [0.3, 0.4) is 0 Å². The number of benzene rings is 2. The molecule has 1 saturated heterocycles. The lowest BCUT2D eigenvalue weighted by atomic mass is 10.1. The molecule has 1 aromatic heterocycles. The first-order chi connectivity index (χ1) is 15.5. The summed E-state index contributed by atoms with van der Waals surface area (Å²) in [4.78, 5) is 16.7. The van der Waals surface area contributed by atoms with Gasteiger partial charge < -0.3 is 14.5 Å². The molecule has 0 spiro atoms. The topological polar surface area (TPSA) is 50.6 Å². The summed E-state index contributed by atoms with van der Waals surface area (Å²) in [5.41, 5.74) is 2.61. The van der Waals surface area contributed by atoms with Crippen molar-refractivity contribution in [2.75, 3.05) is 24.5 Å². The highest BCUT2D eigenvalue weighted by atomic mass is 35.5. The van der Waals surface area contributed by atoms with Gasteiger partial charge in [0.1, 0.15) is 5.60 Å². The quantitative estimate of drug-likeness (QED) is 0.427. The van der Waals surface area contributed by atoms with Gasteiger partial charge in [0.25, 0.3) is 0 Å². The van der Waals surface area contributed by atoms with E-state index in [-0.39, 0.29) is 18.2 Å². The first-order valence-corrected chi connectivity index (χ1v) is 12.0. The number of amides is 1. The largest absolute Gasteiger partial charge is 0.444 e. The maximum absolute atomic E-state index is 12.6. The van der Waals surface area contributed by atoms with Crippen LogP contribution < -0.4 is 4.90 Å².